The maximum absolute atomic E-state index is 15.0. The van der Waals surface area contributed by atoms with Crippen LogP contribution in [0.25, 0.3) is 11.1 Å². The van der Waals surface area contributed by atoms with E-state index in [4.69, 9.17) is 9.47 Å². The standard InChI is InChI=1S/C29H30F4O2/c1-3-18-5-9-20(10-6-18)22-13-14-23(27(31)26(22)30)21-11-7-19(8-12-21)17-35-25-16-15-24(34-4-2)28(32)29(25)33/h5-6,9-10,13-16,19,21H,3-4,7-8,11-12,17H2,1-2H3. The molecule has 0 atom stereocenters. The van der Waals surface area contributed by atoms with Crippen LogP contribution < -0.4 is 9.47 Å². The third-order valence-corrected chi connectivity index (χ3v) is 6.86. The van der Waals surface area contributed by atoms with Crippen LogP contribution in [0.1, 0.15) is 56.6 Å². The summed E-state index contributed by atoms with van der Waals surface area (Å²) in [5.41, 5.74) is 2.46. The zero-order chi connectivity index (χ0) is 24.9. The average molecular weight is 487 g/mol. The Balaban J connectivity index is 1.37. The Labute approximate surface area is 203 Å². The summed E-state index contributed by atoms with van der Waals surface area (Å²) in [6, 6.07) is 13.6. The zero-order valence-corrected chi connectivity index (χ0v) is 20.1. The minimum absolute atomic E-state index is 0.0862. The first-order chi connectivity index (χ1) is 16.9. The summed E-state index contributed by atoms with van der Waals surface area (Å²) in [7, 11) is 0. The van der Waals surface area contributed by atoms with Gasteiger partial charge in [-0.15, -0.1) is 0 Å². The molecule has 2 nitrogen and oxygen atoms in total. The SMILES string of the molecule is CCOc1ccc(OCC2CCC(c3ccc(-c4ccc(CC)cc4)c(F)c3F)CC2)c(F)c1F. The Hall–Kier alpha value is -3.02. The average Bonchev–Trinajstić information content (AvgIpc) is 2.88. The van der Waals surface area contributed by atoms with Crippen molar-refractivity contribution < 1.29 is 27.0 Å². The molecule has 1 aliphatic carbocycles. The van der Waals surface area contributed by atoms with Gasteiger partial charge in [-0.25, -0.2) is 8.78 Å². The van der Waals surface area contributed by atoms with Crippen molar-refractivity contribution in [1.29, 1.82) is 0 Å². The predicted molar refractivity (Wildman–Crippen MR) is 129 cm³/mol. The van der Waals surface area contributed by atoms with Crippen molar-refractivity contribution in [3.63, 3.8) is 0 Å². The van der Waals surface area contributed by atoms with Gasteiger partial charge in [-0.2, -0.15) is 8.78 Å². The maximum Gasteiger partial charge on any atom is 0.204 e. The van der Waals surface area contributed by atoms with E-state index in [0.717, 1.165) is 24.8 Å². The topological polar surface area (TPSA) is 18.5 Å². The minimum atomic E-state index is -1.06. The Bertz CT molecular complexity index is 1150. The number of ether oxygens (including phenoxy) is 2. The monoisotopic (exact) mass is 486 g/mol. The van der Waals surface area contributed by atoms with Gasteiger partial charge in [0.25, 0.3) is 0 Å². The Kier molecular flexibility index (Phi) is 7.99. The van der Waals surface area contributed by atoms with E-state index in [9.17, 15) is 13.2 Å². The molecule has 0 unspecified atom stereocenters. The minimum Gasteiger partial charge on any atom is -0.491 e. The molecule has 0 heterocycles. The Morgan fingerprint density at radius 2 is 1.31 bits per heavy atom. The lowest BCUT2D eigenvalue weighted by Gasteiger charge is -2.29. The molecule has 0 amide bonds. The fourth-order valence-corrected chi connectivity index (χ4v) is 4.76. The molecule has 35 heavy (non-hydrogen) atoms. The van der Waals surface area contributed by atoms with E-state index in [1.165, 1.54) is 12.1 Å². The van der Waals surface area contributed by atoms with Gasteiger partial charge in [0.15, 0.2) is 23.1 Å². The second-order valence-corrected chi connectivity index (χ2v) is 9.03. The van der Waals surface area contributed by atoms with Crippen LogP contribution in [-0.2, 0) is 6.42 Å². The van der Waals surface area contributed by atoms with E-state index in [-0.39, 0.29) is 42.1 Å². The van der Waals surface area contributed by atoms with Crippen LogP contribution in [0.2, 0.25) is 0 Å². The molecule has 0 N–H and O–H groups in total. The van der Waals surface area contributed by atoms with Crippen molar-refractivity contribution in [3.8, 4) is 22.6 Å². The van der Waals surface area contributed by atoms with Gasteiger partial charge in [-0.1, -0.05) is 43.3 Å². The van der Waals surface area contributed by atoms with E-state index in [1.54, 1.807) is 19.1 Å². The molecule has 1 saturated carbocycles. The number of aryl methyl sites for hydroxylation is 1. The van der Waals surface area contributed by atoms with E-state index in [2.05, 4.69) is 0 Å². The first-order valence-electron chi connectivity index (χ1n) is 12.2. The van der Waals surface area contributed by atoms with Crippen LogP contribution >= 0.6 is 0 Å². The molecule has 1 aliphatic rings. The van der Waals surface area contributed by atoms with Gasteiger partial charge in [0.1, 0.15) is 0 Å². The van der Waals surface area contributed by atoms with Gasteiger partial charge < -0.3 is 9.47 Å². The van der Waals surface area contributed by atoms with Crippen LogP contribution in [0.3, 0.4) is 0 Å². The number of benzene rings is 3. The lowest BCUT2D eigenvalue weighted by Crippen LogP contribution is -2.20. The highest BCUT2D eigenvalue weighted by Gasteiger charge is 2.27. The molecule has 6 heteroatoms. The summed E-state index contributed by atoms with van der Waals surface area (Å²) in [6.07, 6.45) is 3.69. The van der Waals surface area contributed by atoms with Crippen molar-refractivity contribution >= 4 is 0 Å². The van der Waals surface area contributed by atoms with Gasteiger partial charge in [-0.05, 0) is 79.7 Å². The zero-order valence-electron chi connectivity index (χ0n) is 20.1. The molecule has 0 bridgehead atoms. The third-order valence-electron chi connectivity index (χ3n) is 6.86. The smallest absolute Gasteiger partial charge is 0.204 e. The maximum atomic E-state index is 15.0. The summed E-state index contributed by atoms with van der Waals surface area (Å²) >= 11 is 0. The van der Waals surface area contributed by atoms with Gasteiger partial charge in [0.05, 0.1) is 13.2 Å². The normalized spacial score (nSPS) is 17.9. The van der Waals surface area contributed by atoms with Crippen LogP contribution in [0.15, 0.2) is 48.5 Å². The molecule has 3 aromatic rings. The second-order valence-electron chi connectivity index (χ2n) is 9.03. The largest absolute Gasteiger partial charge is 0.491 e. The lowest BCUT2D eigenvalue weighted by atomic mass is 9.78. The van der Waals surface area contributed by atoms with E-state index >= 15 is 4.39 Å². The molecular formula is C29H30F4O2. The Morgan fingerprint density at radius 1 is 0.686 bits per heavy atom. The summed E-state index contributed by atoms with van der Waals surface area (Å²) in [5, 5.41) is 0. The molecule has 4 rings (SSSR count). The van der Waals surface area contributed by atoms with Crippen LogP contribution in [0.4, 0.5) is 17.6 Å². The van der Waals surface area contributed by atoms with Crippen LogP contribution in [0, 0.1) is 29.2 Å². The van der Waals surface area contributed by atoms with Crippen LogP contribution in [-0.4, -0.2) is 13.2 Å². The third kappa shape index (κ3) is 5.47. The number of halogens is 4. The van der Waals surface area contributed by atoms with E-state index < -0.39 is 23.3 Å². The molecule has 0 spiro atoms. The highest BCUT2D eigenvalue weighted by Crippen LogP contribution is 2.39. The van der Waals surface area contributed by atoms with Crippen molar-refractivity contribution in [2.24, 2.45) is 5.92 Å². The molecule has 0 aromatic heterocycles. The first kappa shape index (κ1) is 25.1. The molecule has 0 saturated heterocycles. The summed E-state index contributed by atoms with van der Waals surface area (Å²) < 4.78 is 68.9. The number of rotatable bonds is 8. The lowest BCUT2D eigenvalue weighted by molar-refractivity contribution is 0.191. The summed E-state index contributed by atoms with van der Waals surface area (Å²) in [4.78, 5) is 0. The molecule has 1 fully saturated rings. The molecular weight excluding hydrogens is 456 g/mol. The fourth-order valence-electron chi connectivity index (χ4n) is 4.76. The van der Waals surface area contributed by atoms with Gasteiger partial charge in [0.2, 0.25) is 11.6 Å². The highest BCUT2D eigenvalue weighted by molar-refractivity contribution is 5.65. The first-order valence-corrected chi connectivity index (χ1v) is 12.2. The van der Waals surface area contributed by atoms with Crippen molar-refractivity contribution in [3.05, 3.63) is 82.9 Å². The van der Waals surface area contributed by atoms with Gasteiger partial charge in [0, 0.05) is 5.56 Å². The second kappa shape index (κ2) is 11.1. The van der Waals surface area contributed by atoms with E-state index in [0.29, 0.717) is 24.0 Å². The van der Waals surface area contributed by atoms with Crippen molar-refractivity contribution in [2.45, 2.75) is 51.9 Å². The van der Waals surface area contributed by atoms with E-state index in [1.807, 2.05) is 31.2 Å². The molecule has 186 valence electrons. The van der Waals surface area contributed by atoms with Gasteiger partial charge in [-0.3, -0.25) is 0 Å². The van der Waals surface area contributed by atoms with Crippen molar-refractivity contribution in [1.82, 2.24) is 0 Å². The molecule has 0 radical (unpaired) electrons. The van der Waals surface area contributed by atoms with Gasteiger partial charge >= 0.3 is 0 Å². The summed E-state index contributed by atoms with van der Waals surface area (Å²) in [6.45, 7) is 4.21. The Morgan fingerprint density at radius 3 is 1.91 bits per heavy atom. The summed E-state index contributed by atoms with van der Waals surface area (Å²) in [5.74, 6) is -3.97. The fraction of sp³-hybridized carbons (Fsp3) is 0.379. The predicted octanol–water partition coefficient (Wildman–Crippen LogP) is 8.22. The highest BCUT2D eigenvalue weighted by atomic mass is 19.2. The number of hydrogen-bond acceptors (Lipinski definition) is 2. The van der Waals surface area contributed by atoms with Crippen LogP contribution in [0.5, 0.6) is 11.5 Å². The number of hydrogen-bond donors (Lipinski definition) is 0. The van der Waals surface area contributed by atoms with Crippen molar-refractivity contribution in [2.75, 3.05) is 13.2 Å². The molecule has 3 aromatic carbocycles. The quantitative estimate of drug-likeness (QED) is 0.299. The molecule has 0 aliphatic heterocycles.